The van der Waals surface area contributed by atoms with E-state index < -0.39 is 5.79 Å². The average Bonchev–Trinajstić information content (AvgIpc) is 3.09. The Morgan fingerprint density at radius 2 is 1.87 bits per heavy atom. The number of benzene rings is 2. The lowest BCUT2D eigenvalue weighted by Crippen LogP contribution is -2.40. The van der Waals surface area contributed by atoms with Crippen LogP contribution in [0.4, 0.5) is 11.4 Å². The summed E-state index contributed by atoms with van der Waals surface area (Å²) in [5.74, 6) is 1.24. The molecule has 30 heavy (non-hydrogen) atoms. The lowest BCUT2D eigenvalue weighted by molar-refractivity contribution is -0.118. The Morgan fingerprint density at radius 1 is 1.03 bits per heavy atom. The predicted molar refractivity (Wildman–Crippen MR) is 111 cm³/mol. The van der Waals surface area contributed by atoms with E-state index in [0.29, 0.717) is 30.0 Å². The van der Waals surface area contributed by atoms with Crippen molar-refractivity contribution in [3.05, 3.63) is 42.0 Å². The molecule has 0 bridgehead atoms. The first-order valence-electron chi connectivity index (χ1n) is 10.5. The van der Waals surface area contributed by atoms with Crippen LogP contribution in [0.2, 0.25) is 0 Å². The molecule has 1 spiro atoms. The fourth-order valence-electron chi connectivity index (χ4n) is 4.26. The molecule has 2 heterocycles. The van der Waals surface area contributed by atoms with Gasteiger partial charge < -0.3 is 24.8 Å². The summed E-state index contributed by atoms with van der Waals surface area (Å²) in [5, 5.41) is 5.68. The number of carbonyl (C=O) groups is 2. The fourth-order valence-corrected chi connectivity index (χ4v) is 4.26. The number of carbonyl (C=O) groups excluding carboxylic acids is 2. The minimum atomic E-state index is -0.530. The van der Waals surface area contributed by atoms with Crippen LogP contribution < -0.4 is 24.8 Å². The van der Waals surface area contributed by atoms with Gasteiger partial charge in [-0.05, 0) is 55.2 Å². The van der Waals surface area contributed by atoms with Crippen molar-refractivity contribution >= 4 is 23.2 Å². The van der Waals surface area contributed by atoms with E-state index in [1.807, 2.05) is 18.2 Å². The molecule has 0 radical (unpaired) electrons. The first kappa shape index (κ1) is 18.8. The summed E-state index contributed by atoms with van der Waals surface area (Å²) in [4.78, 5) is 23.8. The van der Waals surface area contributed by atoms with Gasteiger partial charge in [-0.3, -0.25) is 9.59 Å². The van der Waals surface area contributed by atoms with E-state index in [2.05, 4.69) is 10.6 Å². The Morgan fingerprint density at radius 3 is 2.73 bits per heavy atom. The molecule has 2 aromatic rings. The molecule has 2 aliphatic heterocycles. The summed E-state index contributed by atoms with van der Waals surface area (Å²) >= 11 is 0. The molecule has 0 unspecified atom stereocenters. The zero-order valence-electron chi connectivity index (χ0n) is 16.7. The lowest BCUT2D eigenvalue weighted by atomic mass is 9.94. The van der Waals surface area contributed by atoms with Crippen LogP contribution in [-0.4, -0.2) is 24.2 Å². The second kappa shape index (κ2) is 7.55. The maximum atomic E-state index is 12.3. The molecule has 1 fully saturated rings. The first-order valence-corrected chi connectivity index (χ1v) is 10.5. The van der Waals surface area contributed by atoms with Gasteiger partial charge in [0, 0.05) is 36.7 Å². The number of nitrogens with one attached hydrogen (secondary N) is 2. The predicted octanol–water partition coefficient (Wildman–Crippen LogP) is 4.02. The zero-order chi connectivity index (χ0) is 20.6. The Hall–Kier alpha value is -3.22. The zero-order valence-corrected chi connectivity index (χ0v) is 16.7. The molecule has 0 saturated heterocycles. The molecule has 1 saturated carbocycles. The maximum absolute atomic E-state index is 12.3. The minimum Gasteiger partial charge on any atom is -0.484 e. The fraction of sp³-hybridized carbons (Fsp3) is 0.391. The molecule has 0 atom stereocenters. The van der Waals surface area contributed by atoms with Crippen molar-refractivity contribution in [3.63, 3.8) is 0 Å². The van der Waals surface area contributed by atoms with E-state index in [-0.39, 0.29) is 18.4 Å². The van der Waals surface area contributed by atoms with Crippen LogP contribution >= 0.6 is 0 Å². The summed E-state index contributed by atoms with van der Waals surface area (Å²) in [6.07, 6.45) is 6.33. The number of aryl methyl sites for hydroxylation is 1. The highest BCUT2D eigenvalue weighted by Crippen LogP contribution is 2.46. The molecule has 5 rings (SSSR count). The van der Waals surface area contributed by atoms with Crippen molar-refractivity contribution in [2.24, 2.45) is 0 Å². The molecule has 156 valence electrons. The van der Waals surface area contributed by atoms with Gasteiger partial charge in [0.2, 0.25) is 5.91 Å². The summed E-state index contributed by atoms with van der Waals surface area (Å²) < 4.78 is 17.8. The highest BCUT2D eigenvalue weighted by molar-refractivity contribution is 5.94. The third-order valence-electron chi connectivity index (χ3n) is 5.78. The lowest BCUT2D eigenvalue weighted by Gasteiger charge is -2.31. The van der Waals surface area contributed by atoms with Gasteiger partial charge in [-0.2, -0.15) is 0 Å². The van der Waals surface area contributed by atoms with Crippen LogP contribution in [0.3, 0.4) is 0 Å². The van der Waals surface area contributed by atoms with E-state index in [0.717, 1.165) is 42.7 Å². The van der Waals surface area contributed by atoms with Crippen molar-refractivity contribution in [1.29, 1.82) is 0 Å². The second-order valence-corrected chi connectivity index (χ2v) is 8.04. The Kier molecular flexibility index (Phi) is 4.73. The van der Waals surface area contributed by atoms with Gasteiger partial charge in [0.1, 0.15) is 5.75 Å². The first-order chi connectivity index (χ1) is 14.6. The molecule has 3 aliphatic rings. The van der Waals surface area contributed by atoms with Crippen LogP contribution in [-0.2, 0) is 16.0 Å². The average molecular weight is 408 g/mol. The summed E-state index contributed by atoms with van der Waals surface area (Å²) in [5.41, 5.74) is 2.46. The Balaban J connectivity index is 1.18. The van der Waals surface area contributed by atoms with Crippen molar-refractivity contribution < 1.29 is 23.8 Å². The monoisotopic (exact) mass is 408 g/mol. The van der Waals surface area contributed by atoms with Gasteiger partial charge in [0.25, 0.3) is 11.7 Å². The quantitative estimate of drug-likeness (QED) is 0.798. The van der Waals surface area contributed by atoms with Crippen molar-refractivity contribution in [1.82, 2.24) is 0 Å². The van der Waals surface area contributed by atoms with Gasteiger partial charge in [0.05, 0.1) is 0 Å². The van der Waals surface area contributed by atoms with E-state index >= 15 is 0 Å². The van der Waals surface area contributed by atoms with Gasteiger partial charge in [-0.25, -0.2) is 0 Å². The molecule has 2 N–H and O–H groups in total. The Bertz CT molecular complexity index is 997. The van der Waals surface area contributed by atoms with Gasteiger partial charge >= 0.3 is 0 Å². The van der Waals surface area contributed by atoms with Gasteiger partial charge in [-0.15, -0.1) is 0 Å². The van der Waals surface area contributed by atoms with E-state index in [4.69, 9.17) is 14.2 Å². The number of fused-ring (bicyclic) bond motifs is 2. The molecule has 7 nitrogen and oxygen atoms in total. The van der Waals surface area contributed by atoms with Crippen molar-refractivity contribution in [2.45, 2.75) is 50.7 Å². The normalized spacial score (nSPS) is 18.5. The van der Waals surface area contributed by atoms with E-state index in [1.54, 1.807) is 18.2 Å². The highest BCUT2D eigenvalue weighted by atomic mass is 16.7. The topological polar surface area (TPSA) is 85.9 Å². The number of hydrogen-bond donors (Lipinski definition) is 2. The third kappa shape index (κ3) is 3.79. The summed E-state index contributed by atoms with van der Waals surface area (Å²) in [6.45, 7) is -0.108. The van der Waals surface area contributed by atoms with Crippen LogP contribution in [0.15, 0.2) is 36.4 Å². The Labute approximate surface area is 174 Å². The van der Waals surface area contributed by atoms with Gasteiger partial charge in [-0.1, -0.05) is 6.42 Å². The van der Waals surface area contributed by atoms with Crippen LogP contribution in [0.5, 0.6) is 17.2 Å². The van der Waals surface area contributed by atoms with Crippen LogP contribution in [0, 0.1) is 0 Å². The third-order valence-corrected chi connectivity index (χ3v) is 5.78. The van der Waals surface area contributed by atoms with Gasteiger partial charge in [0.15, 0.2) is 18.1 Å². The molecule has 0 aromatic heterocycles. The SMILES string of the molecule is O=C(COc1ccc2c(c1)CCC(=O)N2)Nc1ccc2c(c1)OC1(CCCCC1)O2. The highest BCUT2D eigenvalue weighted by Gasteiger charge is 2.42. The number of hydrogen-bond acceptors (Lipinski definition) is 5. The minimum absolute atomic E-state index is 0.0219. The molecular weight excluding hydrogens is 384 g/mol. The number of amides is 2. The number of rotatable bonds is 4. The van der Waals surface area contributed by atoms with E-state index in [1.165, 1.54) is 6.42 Å². The largest absolute Gasteiger partial charge is 0.484 e. The molecule has 2 amide bonds. The summed E-state index contributed by atoms with van der Waals surface area (Å²) in [6, 6.07) is 10.9. The standard InChI is InChI=1S/C23H24N2O5/c26-21-9-4-15-12-17(6-7-18(15)25-21)28-14-22(27)24-16-5-8-19-20(13-16)30-23(29-19)10-2-1-3-11-23/h5-8,12-13H,1-4,9-11,14H2,(H,24,27)(H,25,26). The van der Waals surface area contributed by atoms with Crippen LogP contribution in [0.25, 0.3) is 0 Å². The van der Waals surface area contributed by atoms with Crippen molar-refractivity contribution in [2.75, 3.05) is 17.2 Å². The second-order valence-electron chi connectivity index (χ2n) is 8.04. The van der Waals surface area contributed by atoms with Crippen LogP contribution in [0.1, 0.15) is 44.1 Å². The number of anilines is 2. The van der Waals surface area contributed by atoms with Crippen molar-refractivity contribution in [3.8, 4) is 17.2 Å². The number of ether oxygens (including phenoxy) is 3. The molecule has 2 aromatic carbocycles. The molecule has 1 aliphatic carbocycles. The van der Waals surface area contributed by atoms with E-state index in [9.17, 15) is 9.59 Å². The molecule has 7 heteroatoms. The smallest absolute Gasteiger partial charge is 0.262 e. The maximum Gasteiger partial charge on any atom is 0.262 e. The molecular formula is C23H24N2O5. The summed E-state index contributed by atoms with van der Waals surface area (Å²) in [7, 11) is 0.